The van der Waals surface area contributed by atoms with Crippen LogP contribution in [0.1, 0.15) is 11.5 Å². The number of nitriles is 1. The predicted octanol–water partition coefficient (Wildman–Crippen LogP) is 3.43. The Morgan fingerprint density at radius 2 is 1.70 bits per heavy atom. The standard InChI is InChI=1S/C17H14ClNO3S/c1-22-13-6-2-11(3-7-13)16-15(10-19)17(16)23(20,21)14-8-4-12(18)5-9-14/h2-9,15-17H,1H3/t15-,16-,17-/m0/s1. The summed E-state index contributed by atoms with van der Waals surface area (Å²) in [5.74, 6) is -0.157. The van der Waals surface area contributed by atoms with Crippen molar-refractivity contribution < 1.29 is 13.2 Å². The molecule has 118 valence electrons. The van der Waals surface area contributed by atoms with E-state index in [0.717, 1.165) is 5.56 Å². The van der Waals surface area contributed by atoms with Gasteiger partial charge in [-0.25, -0.2) is 8.42 Å². The molecule has 3 rings (SSSR count). The van der Waals surface area contributed by atoms with Gasteiger partial charge in [0.15, 0.2) is 9.84 Å². The van der Waals surface area contributed by atoms with Gasteiger partial charge in [0.25, 0.3) is 0 Å². The second-order valence-electron chi connectivity index (χ2n) is 5.42. The monoisotopic (exact) mass is 347 g/mol. The van der Waals surface area contributed by atoms with Crippen LogP contribution in [0.3, 0.4) is 0 Å². The van der Waals surface area contributed by atoms with Gasteiger partial charge in [-0.15, -0.1) is 0 Å². The van der Waals surface area contributed by atoms with Crippen molar-refractivity contribution in [2.75, 3.05) is 7.11 Å². The molecule has 1 fully saturated rings. The largest absolute Gasteiger partial charge is 0.497 e. The van der Waals surface area contributed by atoms with Gasteiger partial charge in [0.05, 0.1) is 29.2 Å². The van der Waals surface area contributed by atoms with Gasteiger partial charge in [0, 0.05) is 10.9 Å². The van der Waals surface area contributed by atoms with Crippen molar-refractivity contribution in [3.8, 4) is 11.8 Å². The topological polar surface area (TPSA) is 67.2 Å². The van der Waals surface area contributed by atoms with E-state index in [4.69, 9.17) is 16.3 Å². The van der Waals surface area contributed by atoms with E-state index in [2.05, 4.69) is 6.07 Å². The molecule has 0 radical (unpaired) electrons. The highest BCUT2D eigenvalue weighted by molar-refractivity contribution is 7.92. The summed E-state index contributed by atoms with van der Waals surface area (Å²) in [6.07, 6.45) is 0. The molecule has 0 amide bonds. The molecule has 1 saturated carbocycles. The van der Waals surface area contributed by atoms with Gasteiger partial charge in [-0.3, -0.25) is 0 Å². The molecule has 2 aromatic rings. The molecular formula is C17H14ClNO3S. The maximum absolute atomic E-state index is 12.8. The van der Waals surface area contributed by atoms with Crippen molar-refractivity contribution in [1.82, 2.24) is 0 Å². The molecule has 1 aliphatic carbocycles. The SMILES string of the molecule is COc1ccc([C@H]2[C@H](C#N)[C@@H]2S(=O)(=O)c2ccc(Cl)cc2)cc1. The summed E-state index contributed by atoms with van der Waals surface area (Å²) in [7, 11) is -2.00. The van der Waals surface area contributed by atoms with E-state index in [-0.39, 0.29) is 10.8 Å². The summed E-state index contributed by atoms with van der Waals surface area (Å²) in [5, 5.41) is 9.06. The van der Waals surface area contributed by atoms with Gasteiger partial charge in [0.2, 0.25) is 0 Å². The number of rotatable bonds is 4. The number of hydrogen-bond acceptors (Lipinski definition) is 4. The van der Waals surface area contributed by atoms with Gasteiger partial charge < -0.3 is 4.74 Å². The van der Waals surface area contributed by atoms with E-state index in [1.165, 1.54) is 12.1 Å². The molecule has 23 heavy (non-hydrogen) atoms. The molecule has 0 spiro atoms. The smallest absolute Gasteiger partial charge is 0.183 e. The van der Waals surface area contributed by atoms with E-state index >= 15 is 0 Å². The third-order valence-electron chi connectivity index (χ3n) is 4.10. The fourth-order valence-corrected chi connectivity index (χ4v) is 5.02. The van der Waals surface area contributed by atoms with E-state index in [9.17, 15) is 13.7 Å². The minimum absolute atomic E-state index is 0.197. The molecule has 0 unspecified atom stereocenters. The first kappa shape index (κ1) is 15.9. The number of hydrogen-bond donors (Lipinski definition) is 0. The quantitative estimate of drug-likeness (QED) is 0.849. The van der Waals surface area contributed by atoms with Gasteiger partial charge in [-0.05, 0) is 42.0 Å². The van der Waals surface area contributed by atoms with Gasteiger partial charge in [-0.1, -0.05) is 23.7 Å². The number of ether oxygens (including phenoxy) is 1. The Bertz CT molecular complexity index is 854. The van der Waals surface area contributed by atoms with E-state index in [1.807, 2.05) is 12.1 Å². The highest BCUT2D eigenvalue weighted by atomic mass is 35.5. The summed E-state index contributed by atoms with van der Waals surface area (Å²) >= 11 is 5.81. The maximum Gasteiger partial charge on any atom is 0.183 e. The molecule has 6 heteroatoms. The fourth-order valence-electron chi connectivity index (χ4n) is 2.83. The Kier molecular flexibility index (Phi) is 4.05. The lowest BCUT2D eigenvalue weighted by molar-refractivity contribution is 0.414. The minimum atomic E-state index is -3.57. The molecular weight excluding hydrogens is 334 g/mol. The van der Waals surface area contributed by atoms with Crippen molar-refractivity contribution in [1.29, 1.82) is 5.26 Å². The maximum atomic E-state index is 12.8. The average Bonchev–Trinajstić information content (AvgIpc) is 3.31. The average molecular weight is 348 g/mol. The number of methoxy groups -OCH3 is 1. The van der Waals surface area contributed by atoms with Crippen molar-refractivity contribution in [3.05, 3.63) is 59.1 Å². The third kappa shape index (κ3) is 2.80. The molecule has 0 N–H and O–H groups in total. The highest BCUT2D eigenvalue weighted by Crippen LogP contribution is 2.53. The lowest BCUT2D eigenvalue weighted by atomic mass is 10.1. The zero-order valence-electron chi connectivity index (χ0n) is 12.3. The third-order valence-corrected chi connectivity index (χ3v) is 6.59. The first-order valence-corrected chi connectivity index (χ1v) is 8.94. The van der Waals surface area contributed by atoms with Crippen molar-refractivity contribution in [3.63, 3.8) is 0 Å². The van der Waals surface area contributed by atoms with Crippen LogP contribution in [0, 0.1) is 17.2 Å². The summed E-state index contributed by atoms with van der Waals surface area (Å²) in [6.45, 7) is 0. The number of halogens is 1. The predicted molar refractivity (Wildman–Crippen MR) is 87.3 cm³/mol. The van der Waals surface area contributed by atoms with Crippen molar-refractivity contribution in [2.45, 2.75) is 16.1 Å². The van der Waals surface area contributed by atoms with E-state index in [0.29, 0.717) is 10.8 Å². The van der Waals surface area contributed by atoms with Crippen LogP contribution >= 0.6 is 11.6 Å². The van der Waals surface area contributed by atoms with Crippen LogP contribution in [0.4, 0.5) is 0 Å². The molecule has 2 aromatic carbocycles. The molecule has 0 aliphatic heterocycles. The fraction of sp³-hybridized carbons (Fsp3) is 0.235. The van der Waals surface area contributed by atoms with Crippen LogP contribution in [0.25, 0.3) is 0 Å². The van der Waals surface area contributed by atoms with Gasteiger partial charge in [-0.2, -0.15) is 5.26 Å². The normalized spacial score (nSPS) is 23.1. The summed E-state index contributed by atoms with van der Waals surface area (Å²) in [5.41, 5.74) is 0.833. The lowest BCUT2D eigenvalue weighted by Crippen LogP contribution is -2.10. The molecule has 3 atom stereocenters. The lowest BCUT2D eigenvalue weighted by Gasteiger charge is -2.05. The summed E-state index contributed by atoms with van der Waals surface area (Å²) < 4.78 is 30.6. The minimum Gasteiger partial charge on any atom is -0.497 e. The Morgan fingerprint density at radius 3 is 2.22 bits per heavy atom. The Hall–Kier alpha value is -2.03. The molecule has 4 nitrogen and oxygen atoms in total. The summed E-state index contributed by atoms with van der Waals surface area (Å²) in [6, 6.07) is 15.3. The van der Waals surface area contributed by atoms with E-state index < -0.39 is 21.0 Å². The Balaban J connectivity index is 1.92. The number of nitrogens with zero attached hydrogens (tertiary/aromatic N) is 1. The zero-order chi connectivity index (χ0) is 16.6. The first-order valence-electron chi connectivity index (χ1n) is 7.02. The number of sulfone groups is 1. The number of benzene rings is 2. The highest BCUT2D eigenvalue weighted by Gasteiger charge is 2.59. The van der Waals surface area contributed by atoms with Crippen molar-refractivity contribution >= 4 is 21.4 Å². The second-order valence-corrected chi connectivity index (χ2v) is 7.96. The summed E-state index contributed by atoms with van der Waals surface area (Å²) in [4.78, 5) is 0.197. The van der Waals surface area contributed by atoms with Crippen molar-refractivity contribution in [2.24, 2.45) is 5.92 Å². The van der Waals surface area contributed by atoms with E-state index in [1.54, 1.807) is 31.4 Å². The first-order chi connectivity index (χ1) is 11.0. The molecule has 0 saturated heterocycles. The van der Waals surface area contributed by atoms with Crippen LogP contribution < -0.4 is 4.74 Å². The zero-order valence-corrected chi connectivity index (χ0v) is 13.9. The molecule has 1 aliphatic rings. The molecule has 0 heterocycles. The molecule has 0 bridgehead atoms. The van der Waals surface area contributed by atoms with Gasteiger partial charge >= 0.3 is 0 Å². The van der Waals surface area contributed by atoms with Crippen LogP contribution in [0.5, 0.6) is 5.75 Å². The van der Waals surface area contributed by atoms with Crippen LogP contribution in [0.15, 0.2) is 53.4 Å². The Morgan fingerprint density at radius 1 is 1.09 bits per heavy atom. The molecule has 0 aromatic heterocycles. The van der Waals surface area contributed by atoms with Crippen LogP contribution in [-0.2, 0) is 9.84 Å². The van der Waals surface area contributed by atoms with Gasteiger partial charge in [0.1, 0.15) is 5.75 Å². The second kappa shape index (κ2) is 5.88. The Labute approximate surface area is 140 Å². The van der Waals surface area contributed by atoms with Crippen LogP contribution in [-0.4, -0.2) is 20.8 Å². The van der Waals surface area contributed by atoms with Crippen LogP contribution in [0.2, 0.25) is 5.02 Å².